The number of halogens is 2. The van der Waals surface area contributed by atoms with Gasteiger partial charge in [0.25, 0.3) is 5.76 Å². The van der Waals surface area contributed by atoms with Crippen LogP contribution in [-0.4, -0.2) is 22.8 Å². The lowest BCUT2D eigenvalue weighted by Gasteiger charge is -2.19. The van der Waals surface area contributed by atoms with Crippen molar-refractivity contribution >= 4 is 23.3 Å². The molecule has 0 aliphatic heterocycles. The van der Waals surface area contributed by atoms with Gasteiger partial charge >= 0.3 is 0 Å². The summed E-state index contributed by atoms with van der Waals surface area (Å²) < 4.78 is 24.9. The van der Waals surface area contributed by atoms with Crippen molar-refractivity contribution in [2.75, 3.05) is 5.32 Å². The first-order valence-electron chi connectivity index (χ1n) is 5.83. The second-order valence-corrected chi connectivity index (χ2v) is 4.95. The number of amidine groups is 1. The maximum atomic E-state index is 12.4. The number of oxime groups is 1. The second kappa shape index (κ2) is 7.83. The molecule has 0 saturated heterocycles. The second-order valence-electron chi connectivity index (χ2n) is 3.92. The molecule has 0 fully saturated rings. The molecule has 1 unspecified atom stereocenters. The molecule has 0 aromatic heterocycles. The van der Waals surface area contributed by atoms with Gasteiger partial charge in [-0.25, -0.2) is 0 Å². The van der Waals surface area contributed by atoms with Gasteiger partial charge in [0, 0.05) is 23.0 Å². The first-order chi connectivity index (χ1) is 9.06. The van der Waals surface area contributed by atoms with Crippen LogP contribution in [-0.2, 0) is 0 Å². The summed E-state index contributed by atoms with van der Waals surface area (Å²) in [6.45, 7) is 1.94. The molecule has 4 nitrogen and oxygen atoms in total. The number of nitrogens with zero attached hydrogens (tertiary/aromatic N) is 1. The number of alkyl halides is 2. The molecule has 0 heterocycles. The van der Waals surface area contributed by atoms with Gasteiger partial charge < -0.3 is 16.3 Å². The Bertz CT molecular complexity index is 429. The van der Waals surface area contributed by atoms with Gasteiger partial charge in [0.1, 0.15) is 5.84 Å². The van der Waals surface area contributed by atoms with Crippen molar-refractivity contribution in [1.82, 2.24) is 0 Å². The lowest BCUT2D eigenvalue weighted by atomic mass is 10.1. The van der Waals surface area contributed by atoms with Crippen LogP contribution in [0.1, 0.15) is 19.8 Å². The van der Waals surface area contributed by atoms with E-state index in [1.165, 1.54) is 0 Å². The molecule has 1 aromatic rings. The minimum absolute atomic E-state index is 0.0738. The minimum Gasteiger partial charge on any atom is -0.409 e. The minimum atomic E-state index is -2.47. The van der Waals surface area contributed by atoms with Gasteiger partial charge in [0.15, 0.2) is 0 Å². The summed E-state index contributed by atoms with van der Waals surface area (Å²) in [6.07, 6.45) is 1.07. The number of rotatable bonds is 7. The van der Waals surface area contributed by atoms with Crippen LogP contribution in [0.25, 0.3) is 0 Å². The third-order valence-corrected chi connectivity index (χ3v) is 3.33. The molecule has 106 valence electrons. The highest BCUT2D eigenvalue weighted by Crippen LogP contribution is 2.32. The number of thioether (sulfide) groups is 1. The van der Waals surface area contributed by atoms with Crippen LogP contribution in [0, 0.1) is 0 Å². The molecular formula is C12H17F2N3OS. The van der Waals surface area contributed by atoms with E-state index in [9.17, 15) is 8.78 Å². The number of hydrogen-bond acceptors (Lipinski definition) is 4. The predicted octanol–water partition coefficient (Wildman–Crippen LogP) is 3.33. The zero-order chi connectivity index (χ0) is 14.3. The molecule has 0 spiro atoms. The van der Waals surface area contributed by atoms with Crippen LogP contribution >= 0.6 is 11.8 Å². The summed E-state index contributed by atoms with van der Waals surface area (Å²) in [5, 5.41) is 14.6. The van der Waals surface area contributed by atoms with Crippen LogP contribution < -0.4 is 11.1 Å². The van der Waals surface area contributed by atoms with Crippen molar-refractivity contribution in [3.05, 3.63) is 24.3 Å². The summed E-state index contributed by atoms with van der Waals surface area (Å²) >= 11 is 0.495. The Hall–Kier alpha value is -1.50. The van der Waals surface area contributed by atoms with Gasteiger partial charge in [0.2, 0.25) is 0 Å². The van der Waals surface area contributed by atoms with Crippen LogP contribution in [0.2, 0.25) is 0 Å². The van der Waals surface area contributed by atoms with E-state index in [1.807, 2.05) is 6.92 Å². The molecule has 0 saturated carbocycles. The van der Waals surface area contributed by atoms with Crippen LogP contribution in [0.3, 0.4) is 0 Å². The first-order valence-corrected chi connectivity index (χ1v) is 6.71. The lowest BCUT2D eigenvalue weighted by Crippen LogP contribution is -2.26. The normalized spacial score (nSPS) is 13.6. The highest BCUT2D eigenvalue weighted by Gasteiger charge is 2.13. The maximum Gasteiger partial charge on any atom is 0.288 e. The standard InChI is InChI=1S/C12H17F2N3OS/c1-2-8(7-11(15)17-18)16-9-5-3-4-6-10(9)19-12(13)14/h3-6,8,12,16,18H,2,7H2,1H3,(H2,15,17). The number of anilines is 1. The number of para-hydroxylation sites is 1. The van der Waals surface area contributed by atoms with Crippen LogP contribution in [0.4, 0.5) is 14.5 Å². The van der Waals surface area contributed by atoms with Crippen molar-refractivity contribution in [2.24, 2.45) is 10.9 Å². The number of nitrogens with one attached hydrogen (secondary N) is 1. The number of benzene rings is 1. The smallest absolute Gasteiger partial charge is 0.288 e. The van der Waals surface area contributed by atoms with E-state index in [2.05, 4.69) is 10.5 Å². The Balaban J connectivity index is 2.79. The third-order valence-electron chi connectivity index (χ3n) is 2.54. The van der Waals surface area contributed by atoms with Crippen molar-refractivity contribution in [3.8, 4) is 0 Å². The Labute approximate surface area is 115 Å². The molecule has 0 aliphatic rings. The van der Waals surface area contributed by atoms with E-state index in [-0.39, 0.29) is 11.9 Å². The van der Waals surface area contributed by atoms with E-state index in [4.69, 9.17) is 10.9 Å². The summed E-state index contributed by atoms with van der Waals surface area (Å²) in [7, 11) is 0. The van der Waals surface area contributed by atoms with Crippen molar-refractivity contribution < 1.29 is 14.0 Å². The molecule has 7 heteroatoms. The zero-order valence-electron chi connectivity index (χ0n) is 10.5. The van der Waals surface area contributed by atoms with Gasteiger partial charge in [0.05, 0.1) is 0 Å². The van der Waals surface area contributed by atoms with Gasteiger partial charge in [-0.1, -0.05) is 36.0 Å². The summed E-state index contributed by atoms with van der Waals surface area (Å²) in [5.41, 5.74) is 6.09. The fourth-order valence-corrected chi connectivity index (χ4v) is 2.20. The van der Waals surface area contributed by atoms with Crippen LogP contribution in [0.15, 0.2) is 34.3 Å². The quantitative estimate of drug-likeness (QED) is 0.237. The molecule has 0 aliphatic carbocycles. The Morgan fingerprint density at radius 3 is 2.74 bits per heavy atom. The molecule has 0 radical (unpaired) electrons. The highest BCUT2D eigenvalue weighted by atomic mass is 32.2. The summed E-state index contributed by atoms with van der Waals surface area (Å²) in [6, 6.07) is 6.78. The number of nitrogens with two attached hydrogens (primary N) is 1. The van der Waals surface area contributed by atoms with E-state index >= 15 is 0 Å². The average molecular weight is 289 g/mol. The molecule has 0 bridgehead atoms. The van der Waals surface area contributed by atoms with E-state index in [0.29, 0.717) is 28.8 Å². The molecule has 1 rings (SSSR count). The largest absolute Gasteiger partial charge is 0.409 e. The Morgan fingerprint density at radius 1 is 1.47 bits per heavy atom. The van der Waals surface area contributed by atoms with Crippen molar-refractivity contribution in [3.63, 3.8) is 0 Å². The predicted molar refractivity (Wildman–Crippen MR) is 74.0 cm³/mol. The fraction of sp³-hybridized carbons (Fsp3) is 0.417. The molecular weight excluding hydrogens is 272 g/mol. The monoisotopic (exact) mass is 289 g/mol. The van der Waals surface area contributed by atoms with E-state index in [0.717, 1.165) is 6.42 Å². The molecule has 1 aromatic carbocycles. The van der Waals surface area contributed by atoms with Gasteiger partial charge in [-0.05, 0) is 18.6 Å². The highest BCUT2D eigenvalue weighted by molar-refractivity contribution is 7.99. The molecule has 19 heavy (non-hydrogen) atoms. The lowest BCUT2D eigenvalue weighted by molar-refractivity contribution is 0.252. The van der Waals surface area contributed by atoms with Gasteiger partial charge in [-0.3, -0.25) is 0 Å². The Morgan fingerprint density at radius 2 is 2.16 bits per heavy atom. The SMILES string of the molecule is CCC(CC(N)=NO)Nc1ccccc1SC(F)F. The fourth-order valence-electron chi connectivity index (χ4n) is 1.60. The maximum absolute atomic E-state index is 12.4. The molecule has 1 atom stereocenters. The van der Waals surface area contributed by atoms with Crippen molar-refractivity contribution in [1.29, 1.82) is 0 Å². The van der Waals surface area contributed by atoms with Crippen molar-refractivity contribution in [2.45, 2.75) is 36.5 Å². The summed E-state index contributed by atoms with van der Waals surface area (Å²) in [4.78, 5) is 0.482. The molecule has 0 amide bonds. The summed E-state index contributed by atoms with van der Waals surface area (Å²) in [5.74, 6) is -2.36. The van der Waals surface area contributed by atoms with E-state index < -0.39 is 5.76 Å². The molecule has 4 N–H and O–H groups in total. The van der Waals surface area contributed by atoms with Gasteiger partial charge in [-0.2, -0.15) is 8.78 Å². The first kappa shape index (κ1) is 15.6. The third kappa shape index (κ3) is 5.34. The zero-order valence-corrected chi connectivity index (χ0v) is 11.3. The van der Waals surface area contributed by atoms with Crippen LogP contribution in [0.5, 0.6) is 0 Å². The topological polar surface area (TPSA) is 70.6 Å². The average Bonchev–Trinajstić information content (AvgIpc) is 2.39. The van der Waals surface area contributed by atoms with Gasteiger partial charge in [-0.15, -0.1) is 0 Å². The Kier molecular flexibility index (Phi) is 6.41. The number of hydrogen-bond donors (Lipinski definition) is 3. The van der Waals surface area contributed by atoms with E-state index in [1.54, 1.807) is 24.3 Å².